The molecule has 0 spiro atoms. The minimum absolute atomic E-state index is 0.380. The summed E-state index contributed by atoms with van der Waals surface area (Å²) in [7, 11) is 0. The Morgan fingerprint density at radius 2 is 1.58 bits per heavy atom. The average Bonchev–Trinajstić information content (AvgIpc) is 3.51. The van der Waals surface area contributed by atoms with Crippen molar-refractivity contribution in [1.29, 1.82) is 0 Å². The Kier molecular flexibility index (Phi) is 2.51. The zero-order valence-electron chi connectivity index (χ0n) is 16.5. The predicted molar refractivity (Wildman–Crippen MR) is 125 cm³/mol. The molecule has 2 aliphatic heterocycles. The van der Waals surface area contributed by atoms with Gasteiger partial charge in [0.15, 0.2) is 0 Å². The van der Waals surface area contributed by atoms with Gasteiger partial charge in [-0.1, -0.05) is 36.4 Å². The van der Waals surface area contributed by atoms with E-state index in [9.17, 15) is 4.79 Å². The number of aromatic nitrogens is 2. The zero-order chi connectivity index (χ0) is 20.4. The van der Waals surface area contributed by atoms with Crippen LogP contribution in [0.15, 0.2) is 65.2 Å². The van der Waals surface area contributed by atoms with Gasteiger partial charge in [-0.2, -0.15) is 0 Å². The van der Waals surface area contributed by atoms with Crippen molar-refractivity contribution in [2.24, 2.45) is 10.7 Å². The molecule has 0 radical (unpaired) electrons. The van der Waals surface area contributed by atoms with E-state index in [0.717, 1.165) is 27.9 Å². The largest absolute Gasteiger partial charge is 0.366 e. The highest BCUT2D eigenvalue weighted by Gasteiger charge is 2.34. The van der Waals surface area contributed by atoms with E-state index in [4.69, 9.17) is 5.73 Å². The van der Waals surface area contributed by atoms with Gasteiger partial charge in [-0.15, -0.1) is 0 Å². The van der Waals surface area contributed by atoms with Gasteiger partial charge in [0.2, 0.25) is 0 Å². The number of primary amides is 1. The van der Waals surface area contributed by atoms with E-state index in [2.05, 4.69) is 62.7 Å². The molecule has 1 aliphatic carbocycles. The number of nitrogens with zero attached hydrogens (tertiary/aromatic N) is 3. The number of allylic oxidation sites excluding steroid dienone is 2. The first-order valence-electron chi connectivity index (χ1n) is 10.5. The number of hydrogen-bond donors (Lipinski definition) is 1. The fourth-order valence-corrected chi connectivity index (χ4v) is 6.03. The van der Waals surface area contributed by atoms with E-state index >= 15 is 0 Å². The summed E-state index contributed by atoms with van der Waals surface area (Å²) >= 11 is 0. The molecule has 1 amide bonds. The predicted octanol–water partition coefficient (Wildman–Crippen LogP) is 4.79. The molecule has 0 unspecified atom stereocenters. The summed E-state index contributed by atoms with van der Waals surface area (Å²) in [4.78, 5) is 17.1. The highest BCUT2D eigenvalue weighted by molar-refractivity contribution is 6.31. The lowest BCUT2D eigenvalue weighted by molar-refractivity contribution is -0.114. The molecule has 0 saturated carbocycles. The topological polar surface area (TPSA) is 65.3 Å². The van der Waals surface area contributed by atoms with Crippen LogP contribution in [0.5, 0.6) is 0 Å². The molecular weight excluding hydrogens is 384 g/mol. The molecule has 0 atom stereocenters. The average molecular weight is 400 g/mol. The van der Waals surface area contributed by atoms with Gasteiger partial charge in [0.05, 0.1) is 34.2 Å². The van der Waals surface area contributed by atoms with Crippen LogP contribution in [0.1, 0.15) is 17.5 Å². The number of aliphatic imine (C=N–C) groups is 1. The Morgan fingerprint density at radius 3 is 2.35 bits per heavy atom. The Morgan fingerprint density at radius 1 is 0.903 bits per heavy atom. The summed E-state index contributed by atoms with van der Waals surface area (Å²) in [5, 5.41) is 4.91. The highest BCUT2D eigenvalue weighted by atomic mass is 16.1. The normalized spacial score (nSPS) is 16.3. The van der Waals surface area contributed by atoms with E-state index in [0.29, 0.717) is 18.5 Å². The van der Waals surface area contributed by atoms with E-state index < -0.39 is 0 Å². The van der Waals surface area contributed by atoms with Crippen molar-refractivity contribution in [3.63, 3.8) is 0 Å². The molecule has 5 aromatic rings. The van der Waals surface area contributed by atoms with Gasteiger partial charge in [-0.25, -0.2) is 0 Å². The molecule has 8 rings (SSSR count). The zero-order valence-corrected chi connectivity index (χ0v) is 16.5. The van der Waals surface area contributed by atoms with Crippen molar-refractivity contribution >= 4 is 67.1 Å². The molecule has 3 aliphatic rings. The van der Waals surface area contributed by atoms with Crippen molar-refractivity contribution in [3.05, 3.63) is 71.3 Å². The first-order chi connectivity index (χ1) is 15.2. The molecule has 5 nitrogen and oxygen atoms in total. The molecule has 2 N–H and O–H groups in total. The third-order valence-electron chi connectivity index (χ3n) is 7.13. The maximum Gasteiger partial charge on any atom is 0.250 e. The number of nitrogens with two attached hydrogens (primary N) is 1. The molecule has 5 heteroatoms. The van der Waals surface area contributed by atoms with E-state index in [-0.39, 0.29) is 5.91 Å². The van der Waals surface area contributed by atoms with Gasteiger partial charge < -0.3 is 14.9 Å². The van der Waals surface area contributed by atoms with Gasteiger partial charge >= 0.3 is 0 Å². The van der Waals surface area contributed by atoms with Gasteiger partial charge in [0, 0.05) is 51.1 Å². The number of para-hydroxylation sites is 2. The van der Waals surface area contributed by atoms with Crippen LogP contribution in [0.4, 0.5) is 0 Å². The van der Waals surface area contributed by atoms with Crippen LogP contribution in [0, 0.1) is 0 Å². The van der Waals surface area contributed by atoms with E-state index in [1.54, 1.807) is 0 Å². The molecule has 146 valence electrons. The lowest BCUT2D eigenvalue weighted by Gasteiger charge is -2.12. The molecule has 0 fully saturated rings. The molecule has 3 aromatic carbocycles. The second-order valence-electron chi connectivity index (χ2n) is 8.55. The second kappa shape index (κ2) is 4.95. The molecule has 31 heavy (non-hydrogen) atoms. The maximum absolute atomic E-state index is 12.5. The summed E-state index contributed by atoms with van der Waals surface area (Å²) in [6, 6.07) is 17.0. The summed E-state index contributed by atoms with van der Waals surface area (Å²) in [6.45, 7) is 0.698. The van der Waals surface area contributed by atoms with Gasteiger partial charge in [-0.3, -0.25) is 9.79 Å². The molecule has 0 saturated heterocycles. The lowest BCUT2D eigenvalue weighted by atomic mass is 9.97. The monoisotopic (exact) mass is 400 g/mol. The van der Waals surface area contributed by atoms with E-state index in [1.165, 1.54) is 38.2 Å². The van der Waals surface area contributed by atoms with Crippen LogP contribution in [0.3, 0.4) is 0 Å². The minimum atomic E-state index is -0.380. The third-order valence-corrected chi connectivity index (χ3v) is 7.13. The van der Waals surface area contributed by atoms with Crippen LogP contribution >= 0.6 is 0 Å². The number of carbonyl (C=O) groups excluding carboxylic acids is 1. The molecule has 2 aromatic heterocycles. The fourth-order valence-electron chi connectivity index (χ4n) is 6.03. The van der Waals surface area contributed by atoms with Gasteiger partial charge in [0.25, 0.3) is 5.91 Å². The minimum Gasteiger partial charge on any atom is -0.366 e. The van der Waals surface area contributed by atoms with Crippen LogP contribution in [-0.2, 0) is 11.3 Å². The highest BCUT2D eigenvalue weighted by Crippen LogP contribution is 2.51. The Bertz CT molecular complexity index is 1810. The quantitative estimate of drug-likeness (QED) is 0.432. The SMILES string of the molecule is NC(=O)C1=C2CC(=C1)n1c3ccccc3c3c4c(c5c6ccccc6n2c5c31)C=NC4. The van der Waals surface area contributed by atoms with Gasteiger partial charge in [0.1, 0.15) is 0 Å². The summed E-state index contributed by atoms with van der Waals surface area (Å²) < 4.78 is 4.63. The van der Waals surface area contributed by atoms with Crippen molar-refractivity contribution in [2.45, 2.75) is 13.0 Å². The smallest absolute Gasteiger partial charge is 0.250 e. The summed E-state index contributed by atoms with van der Waals surface area (Å²) in [5.74, 6) is -0.380. The van der Waals surface area contributed by atoms with Crippen molar-refractivity contribution in [2.75, 3.05) is 0 Å². The Hall–Kier alpha value is -4.12. The van der Waals surface area contributed by atoms with Crippen LogP contribution in [-0.4, -0.2) is 21.3 Å². The first kappa shape index (κ1) is 15.7. The number of hydrogen-bond acceptors (Lipinski definition) is 2. The van der Waals surface area contributed by atoms with Gasteiger partial charge in [-0.05, 0) is 23.8 Å². The van der Waals surface area contributed by atoms with Crippen LogP contribution in [0.2, 0.25) is 0 Å². The second-order valence-corrected chi connectivity index (χ2v) is 8.55. The first-order valence-corrected chi connectivity index (χ1v) is 10.5. The Balaban J connectivity index is 1.81. The number of carbonyl (C=O) groups is 1. The fraction of sp³-hybridized carbons (Fsp3) is 0.0769. The number of fused-ring (bicyclic) bond motifs is 13. The molecule has 4 heterocycles. The Labute approximate surface area is 176 Å². The molecule has 2 bridgehead atoms. The molecular formula is C26H16N4O. The van der Waals surface area contributed by atoms with Crippen molar-refractivity contribution in [1.82, 2.24) is 9.13 Å². The number of rotatable bonds is 1. The van der Waals surface area contributed by atoms with Crippen molar-refractivity contribution in [3.8, 4) is 0 Å². The summed E-state index contributed by atoms with van der Waals surface area (Å²) in [6.07, 6.45) is 4.68. The standard InChI is InChI=1S/C26H16N4O/c27-26(31)16-9-13-10-21(16)30-20-8-4-2-6-15(20)23-18-12-28-11-17(18)22-14-5-1-3-7-19(14)29(13)24(22)25(23)30/h1-9,12H,10-11H2,(H2,27,31). The third kappa shape index (κ3) is 1.61. The summed E-state index contributed by atoms with van der Waals surface area (Å²) in [5.41, 5.74) is 15.6. The van der Waals surface area contributed by atoms with Crippen molar-refractivity contribution < 1.29 is 4.79 Å². The van der Waals surface area contributed by atoms with E-state index in [1.807, 2.05) is 12.3 Å². The lowest BCUT2D eigenvalue weighted by Crippen LogP contribution is -2.14. The maximum atomic E-state index is 12.5. The van der Waals surface area contributed by atoms with Crippen LogP contribution < -0.4 is 5.73 Å². The van der Waals surface area contributed by atoms with Crippen LogP contribution in [0.25, 0.3) is 55.0 Å². The number of amides is 1. The number of benzene rings is 3.